The molecule has 1 aromatic rings. The number of rotatable bonds is 8. The van der Waals surface area contributed by atoms with Crippen LogP contribution in [0.1, 0.15) is 19.3 Å². The lowest BCUT2D eigenvalue weighted by Crippen LogP contribution is -2.26. The zero-order valence-corrected chi connectivity index (χ0v) is 12.3. The van der Waals surface area contributed by atoms with Crippen LogP contribution in [-0.4, -0.2) is 36.2 Å². The lowest BCUT2D eigenvalue weighted by molar-refractivity contribution is -0.135. The molecule has 0 fully saturated rings. The molecule has 5 nitrogen and oxygen atoms in total. The van der Waals surface area contributed by atoms with E-state index in [1.165, 1.54) is 18.0 Å². The highest BCUT2D eigenvalue weighted by molar-refractivity contribution is 6.32. The Bertz CT molecular complexity index is 506. The minimum Gasteiger partial charge on any atom is -0.383 e. The second-order valence-electron chi connectivity index (χ2n) is 4.39. The first-order valence-corrected chi connectivity index (χ1v) is 6.78. The van der Waals surface area contributed by atoms with Gasteiger partial charge < -0.3 is 10.1 Å². The van der Waals surface area contributed by atoms with E-state index >= 15 is 0 Å². The number of halogens is 4. The van der Waals surface area contributed by atoms with Gasteiger partial charge in [-0.05, 0) is 12.8 Å². The summed E-state index contributed by atoms with van der Waals surface area (Å²) in [4.78, 5) is 11.8. The smallest absolute Gasteiger partial charge is 0.383 e. The monoisotopic (exact) mass is 327 g/mol. The van der Waals surface area contributed by atoms with E-state index < -0.39 is 18.2 Å². The third kappa shape index (κ3) is 6.34. The van der Waals surface area contributed by atoms with Gasteiger partial charge in [0.25, 0.3) is 5.56 Å². The van der Waals surface area contributed by atoms with E-state index in [1.807, 2.05) is 0 Å². The minimum atomic E-state index is -4.14. The Morgan fingerprint density at radius 1 is 1.43 bits per heavy atom. The molecule has 0 saturated carbocycles. The summed E-state index contributed by atoms with van der Waals surface area (Å²) in [6, 6.07) is 0. The number of ether oxygens (including phenoxy) is 1. The van der Waals surface area contributed by atoms with Gasteiger partial charge in [0, 0.05) is 20.1 Å². The Kier molecular flexibility index (Phi) is 6.97. The summed E-state index contributed by atoms with van der Waals surface area (Å²) < 4.78 is 41.9. The number of aromatic nitrogens is 2. The van der Waals surface area contributed by atoms with E-state index in [0.29, 0.717) is 25.3 Å². The third-order valence-electron chi connectivity index (χ3n) is 2.69. The molecule has 120 valence electrons. The van der Waals surface area contributed by atoms with Gasteiger partial charge in [0.1, 0.15) is 5.02 Å². The predicted molar refractivity (Wildman–Crippen MR) is 73.8 cm³/mol. The minimum absolute atomic E-state index is 0.0203. The zero-order chi connectivity index (χ0) is 15.9. The van der Waals surface area contributed by atoms with Crippen molar-refractivity contribution >= 4 is 17.3 Å². The first-order valence-electron chi connectivity index (χ1n) is 6.40. The molecule has 0 atom stereocenters. The molecule has 0 spiro atoms. The van der Waals surface area contributed by atoms with Gasteiger partial charge in [0.15, 0.2) is 0 Å². The Morgan fingerprint density at radius 3 is 2.76 bits per heavy atom. The van der Waals surface area contributed by atoms with Crippen molar-refractivity contribution in [1.82, 2.24) is 9.78 Å². The molecule has 0 saturated heterocycles. The van der Waals surface area contributed by atoms with Crippen LogP contribution in [0, 0.1) is 0 Å². The maximum atomic E-state index is 12.0. The van der Waals surface area contributed by atoms with Crippen LogP contribution in [0.2, 0.25) is 5.02 Å². The highest BCUT2D eigenvalue weighted by atomic mass is 35.5. The van der Waals surface area contributed by atoms with Gasteiger partial charge in [-0.3, -0.25) is 4.79 Å². The second-order valence-corrected chi connectivity index (χ2v) is 4.77. The maximum Gasteiger partial charge on any atom is 0.389 e. The Morgan fingerprint density at radius 2 is 2.14 bits per heavy atom. The highest BCUT2D eigenvalue weighted by Crippen LogP contribution is 2.22. The zero-order valence-electron chi connectivity index (χ0n) is 11.5. The van der Waals surface area contributed by atoms with Gasteiger partial charge in [0.05, 0.1) is 25.0 Å². The average molecular weight is 328 g/mol. The molecule has 0 aliphatic heterocycles. The molecule has 1 N–H and O–H groups in total. The molecular formula is C12H17ClF3N3O2. The molecular weight excluding hydrogens is 311 g/mol. The molecule has 0 aliphatic carbocycles. The Balaban J connectivity index is 2.49. The topological polar surface area (TPSA) is 56.1 Å². The summed E-state index contributed by atoms with van der Waals surface area (Å²) in [5, 5.41) is 6.70. The fraction of sp³-hybridized carbons (Fsp3) is 0.667. The normalized spacial score (nSPS) is 11.7. The number of anilines is 1. The van der Waals surface area contributed by atoms with Crippen LogP contribution < -0.4 is 10.9 Å². The van der Waals surface area contributed by atoms with Crippen LogP contribution in [0.4, 0.5) is 18.9 Å². The largest absolute Gasteiger partial charge is 0.389 e. The summed E-state index contributed by atoms with van der Waals surface area (Å²) in [6.07, 6.45) is -3.24. The quantitative estimate of drug-likeness (QED) is 0.746. The van der Waals surface area contributed by atoms with Crippen LogP contribution in [0.5, 0.6) is 0 Å². The summed E-state index contributed by atoms with van der Waals surface area (Å²) in [5.74, 6) is 0. The summed E-state index contributed by atoms with van der Waals surface area (Å²) in [6.45, 7) is 0.896. The van der Waals surface area contributed by atoms with Gasteiger partial charge in [-0.15, -0.1) is 0 Å². The van der Waals surface area contributed by atoms with Gasteiger partial charge in [-0.25, -0.2) is 4.68 Å². The van der Waals surface area contributed by atoms with Crippen molar-refractivity contribution in [3.05, 3.63) is 21.6 Å². The number of methoxy groups -OCH3 is 1. The maximum absolute atomic E-state index is 12.0. The molecule has 1 rings (SSSR count). The van der Waals surface area contributed by atoms with E-state index in [2.05, 4.69) is 10.4 Å². The molecule has 0 bridgehead atoms. The molecule has 1 aromatic heterocycles. The Hall–Kier alpha value is -1.28. The first-order chi connectivity index (χ1) is 9.85. The molecule has 0 aliphatic rings. The number of unbranched alkanes of at least 4 members (excludes halogenated alkanes) is 1. The molecule has 0 amide bonds. The van der Waals surface area contributed by atoms with E-state index in [9.17, 15) is 18.0 Å². The van der Waals surface area contributed by atoms with E-state index in [4.69, 9.17) is 16.3 Å². The third-order valence-corrected chi connectivity index (χ3v) is 3.06. The molecule has 1 heterocycles. The molecule has 21 heavy (non-hydrogen) atoms. The lowest BCUT2D eigenvalue weighted by atomic mass is 10.2. The van der Waals surface area contributed by atoms with Crippen molar-refractivity contribution < 1.29 is 17.9 Å². The summed E-state index contributed by atoms with van der Waals surface area (Å²) in [7, 11) is 1.50. The van der Waals surface area contributed by atoms with Crippen LogP contribution in [0.15, 0.2) is 11.0 Å². The molecule has 0 aromatic carbocycles. The number of alkyl halides is 3. The first kappa shape index (κ1) is 17.8. The molecule has 0 radical (unpaired) electrons. The van der Waals surface area contributed by atoms with Crippen molar-refractivity contribution in [2.24, 2.45) is 0 Å². The standard InChI is InChI=1S/C12H17ClF3N3O2/c1-21-7-6-19-11(20)10(13)9(8-18-19)17-5-3-2-4-12(14,15)16/h8,17H,2-7H2,1H3. The van der Waals surface area contributed by atoms with Crippen LogP contribution >= 0.6 is 11.6 Å². The van der Waals surface area contributed by atoms with E-state index in [0.717, 1.165) is 0 Å². The molecule has 9 heteroatoms. The average Bonchev–Trinajstić information content (AvgIpc) is 2.41. The van der Waals surface area contributed by atoms with Crippen molar-refractivity contribution in [3.63, 3.8) is 0 Å². The number of hydrogen-bond acceptors (Lipinski definition) is 4. The van der Waals surface area contributed by atoms with Crippen molar-refractivity contribution in [2.45, 2.75) is 32.0 Å². The highest BCUT2D eigenvalue weighted by Gasteiger charge is 2.25. The molecule has 0 unspecified atom stereocenters. The van der Waals surface area contributed by atoms with Crippen LogP contribution in [0.25, 0.3) is 0 Å². The SMILES string of the molecule is COCCn1ncc(NCCCCC(F)(F)F)c(Cl)c1=O. The van der Waals surface area contributed by atoms with Crippen LogP contribution in [-0.2, 0) is 11.3 Å². The van der Waals surface area contributed by atoms with Crippen molar-refractivity contribution in [2.75, 3.05) is 25.6 Å². The number of hydrogen-bond donors (Lipinski definition) is 1. The van der Waals surface area contributed by atoms with E-state index in [1.54, 1.807) is 0 Å². The lowest BCUT2D eigenvalue weighted by Gasteiger charge is -2.10. The summed E-state index contributed by atoms with van der Waals surface area (Å²) in [5.41, 5.74) is -0.142. The van der Waals surface area contributed by atoms with Gasteiger partial charge in [0.2, 0.25) is 0 Å². The predicted octanol–water partition coefficient (Wildman–Crippen LogP) is 2.69. The second kappa shape index (κ2) is 8.23. The van der Waals surface area contributed by atoms with Gasteiger partial charge in [-0.1, -0.05) is 11.6 Å². The Labute approximate surface area is 125 Å². The number of nitrogens with zero attached hydrogens (tertiary/aromatic N) is 2. The van der Waals surface area contributed by atoms with Crippen LogP contribution in [0.3, 0.4) is 0 Å². The van der Waals surface area contributed by atoms with Crippen molar-refractivity contribution in [3.8, 4) is 0 Å². The number of nitrogens with one attached hydrogen (secondary N) is 1. The fourth-order valence-corrected chi connectivity index (χ4v) is 1.81. The van der Waals surface area contributed by atoms with Gasteiger partial charge in [-0.2, -0.15) is 18.3 Å². The fourth-order valence-electron chi connectivity index (χ4n) is 1.60. The van der Waals surface area contributed by atoms with Crippen molar-refractivity contribution in [1.29, 1.82) is 0 Å². The van der Waals surface area contributed by atoms with Gasteiger partial charge >= 0.3 is 6.18 Å². The summed E-state index contributed by atoms with van der Waals surface area (Å²) >= 11 is 5.91. The van der Waals surface area contributed by atoms with E-state index in [-0.39, 0.29) is 18.0 Å².